The minimum absolute atomic E-state index is 0.163. The third-order valence-corrected chi connectivity index (χ3v) is 3.01. The fourth-order valence-electron chi connectivity index (χ4n) is 1.26. The Kier molecular flexibility index (Phi) is 4.32. The van der Waals surface area contributed by atoms with Crippen LogP contribution in [0.2, 0.25) is 0 Å². The van der Waals surface area contributed by atoms with Crippen molar-refractivity contribution in [2.45, 2.75) is 31.6 Å². The van der Waals surface area contributed by atoms with Crippen molar-refractivity contribution in [2.24, 2.45) is 0 Å². The van der Waals surface area contributed by atoms with E-state index in [0.717, 1.165) is 18.4 Å². The summed E-state index contributed by atoms with van der Waals surface area (Å²) in [7, 11) is -4.22. The van der Waals surface area contributed by atoms with Crippen LogP contribution < -0.4 is 4.74 Å². The van der Waals surface area contributed by atoms with E-state index in [-0.39, 0.29) is 10.6 Å². The summed E-state index contributed by atoms with van der Waals surface area (Å²) in [6, 6.07) is 4.71. The van der Waals surface area contributed by atoms with E-state index in [1.165, 1.54) is 6.07 Å². The van der Waals surface area contributed by atoms with Gasteiger partial charge in [-0.3, -0.25) is 4.55 Å². The highest BCUT2D eigenvalue weighted by atomic mass is 32.2. The zero-order valence-electron chi connectivity index (χ0n) is 9.43. The predicted octanol–water partition coefficient (Wildman–Crippen LogP) is 2.42. The van der Waals surface area contributed by atoms with Crippen LogP contribution in [0.5, 0.6) is 5.75 Å². The van der Waals surface area contributed by atoms with Crippen molar-refractivity contribution in [1.29, 1.82) is 0 Å². The fourth-order valence-corrected chi connectivity index (χ4v) is 1.98. The first-order chi connectivity index (χ1) is 7.45. The van der Waals surface area contributed by atoms with E-state index in [1.807, 2.05) is 6.92 Å². The number of unbranched alkanes of at least 4 members (excludes halogenated alkanes) is 1. The lowest BCUT2D eigenvalue weighted by molar-refractivity contribution is 0.300. The molecule has 1 rings (SSSR count). The van der Waals surface area contributed by atoms with Crippen LogP contribution in [0.15, 0.2) is 23.1 Å². The van der Waals surface area contributed by atoms with Gasteiger partial charge in [0.05, 0.1) is 6.61 Å². The number of hydrogen-bond donors (Lipinski definition) is 1. The van der Waals surface area contributed by atoms with Gasteiger partial charge in [0.25, 0.3) is 10.1 Å². The maximum Gasteiger partial charge on any atom is 0.298 e. The molecule has 4 nitrogen and oxygen atoms in total. The highest BCUT2D eigenvalue weighted by Crippen LogP contribution is 2.24. The van der Waals surface area contributed by atoms with Gasteiger partial charge in [0.2, 0.25) is 0 Å². The second-order valence-electron chi connectivity index (χ2n) is 3.63. The van der Waals surface area contributed by atoms with Gasteiger partial charge in [-0.05, 0) is 31.0 Å². The standard InChI is InChI=1S/C11H16O4S/c1-3-4-7-15-10-6-5-9(2)8-11(10)16(12,13)14/h5-6,8H,3-4,7H2,1-2H3,(H,12,13,14). The van der Waals surface area contributed by atoms with Gasteiger partial charge in [-0.2, -0.15) is 8.42 Å². The van der Waals surface area contributed by atoms with Crippen molar-refractivity contribution in [3.05, 3.63) is 23.8 Å². The Hall–Kier alpha value is -1.07. The summed E-state index contributed by atoms with van der Waals surface area (Å²) in [4.78, 5) is -0.163. The van der Waals surface area contributed by atoms with Crippen molar-refractivity contribution in [3.63, 3.8) is 0 Å². The van der Waals surface area contributed by atoms with Crippen LogP contribution >= 0.6 is 0 Å². The van der Waals surface area contributed by atoms with Gasteiger partial charge in [0, 0.05) is 0 Å². The SMILES string of the molecule is CCCCOc1ccc(C)cc1S(=O)(=O)O. The molecule has 0 aliphatic carbocycles. The summed E-state index contributed by atoms with van der Waals surface area (Å²) in [6.07, 6.45) is 1.81. The maximum atomic E-state index is 11.1. The molecule has 0 fully saturated rings. The Bertz CT molecular complexity index is 451. The number of benzene rings is 1. The number of hydrogen-bond acceptors (Lipinski definition) is 3. The van der Waals surface area contributed by atoms with Gasteiger partial charge in [0.15, 0.2) is 0 Å². The van der Waals surface area contributed by atoms with Gasteiger partial charge >= 0.3 is 0 Å². The molecule has 0 atom stereocenters. The summed E-state index contributed by atoms with van der Waals surface area (Å²) >= 11 is 0. The van der Waals surface area contributed by atoms with Gasteiger partial charge in [-0.15, -0.1) is 0 Å². The summed E-state index contributed by atoms with van der Waals surface area (Å²) in [5.41, 5.74) is 0.760. The third-order valence-electron chi connectivity index (χ3n) is 2.13. The molecule has 1 N–H and O–H groups in total. The molecule has 0 spiro atoms. The van der Waals surface area contributed by atoms with Crippen LogP contribution in [0.25, 0.3) is 0 Å². The molecule has 5 heteroatoms. The third kappa shape index (κ3) is 3.50. The first-order valence-corrected chi connectivity index (χ1v) is 6.60. The largest absolute Gasteiger partial charge is 0.492 e. The molecule has 90 valence electrons. The predicted molar refractivity (Wildman–Crippen MR) is 61.4 cm³/mol. The van der Waals surface area contributed by atoms with E-state index >= 15 is 0 Å². The monoisotopic (exact) mass is 244 g/mol. The molecule has 0 heterocycles. The lowest BCUT2D eigenvalue weighted by Gasteiger charge is -2.09. The quantitative estimate of drug-likeness (QED) is 0.638. The zero-order chi connectivity index (χ0) is 12.2. The van der Waals surface area contributed by atoms with Crippen molar-refractivity contribution in [3.8, 4) is 5.75 Å². The Morgan fingerprint density at radius 2 is 2.06 bits per heavy atom. The fraction of sp³-hybridized carbons (Fsp3) is 0.455. The second kappa shape index (κ2) is 5.32. The van der Waals surface area contributed by atoms with Crippen LogP contribution in [-0.2, 0) is 10.1 Å². The van der Waals surface area contributed by atoms with E-state index in [0.29, 0.717) is 6.61 Å². The molecule has 0 bridgehead atoms. The Morgan fingerprint density at radius 3 is 2.62 bits per heavy atom. The van der Waals surface area contributed by atoms with E-state index in [2.05, 4.69) is 0 Å². The van der Waals surface area contributed by atoms with Crippen molar-refractivity contribution in [2.75, 3.05) is 6.61 Å². The van der Waals surface area contributed by atoms with Gasteiger partial charge in [-0.1, -0.05) is 19.4 Å². The number of ether oxygens (including phenoxy) is 1. The van der Waals surface area contributed by atoms with E-state index < -0.39 is 10.1 Å². The van der Waals surface area contributed by atoms with Gasteiger partial charge in [0.1, 0.15) is 10.6 Å². The first-order valence-electron chi connectivity index (χ1n) is 5.16. The smallest absolute Gasteiger partial charge is 0.298 e. The van der Waals surface area contributed by atoms with Crippen LogP contribution in [-0.4, -0.2) is 19.6 Å². The highest BCUT2D eigenvalue weighted by Gasteiger charge is 2.16. The number of aryl methyl sites for hydroxylation is 1. The molecule has 1 aromatic rings. The van der Waals surface area contributed by atoms with Crippen LogP contribution in [0.1, 0.15) is 25.3 Å². The maximum absolute atomic E-state index is 11.1. The molecule has 0 radical (unpaired) electrons. The Labute approximate surface area is 96.0 Å². The van der Waals surface area contributed by atoms with E-state index in [9.17, 15) is 8.42 Å². The Morgan fingerprint density at radius 1 is 1.38 bits per heavy atom. The molecule has 0 saturated carbocycles. The van der Waals surface area contributed by atoms with E-state index in [4.69, 9.17) is 9.29 Å². The Balaban J connectivity index is 2.99. The van der Waals surface area contributed by atoms with Crippen molar-refractivity contribution in [1.82, 2.24) is 0 Å². The summed E-state index contributed by atoms with van der Waals surface area (Å²) in [6.45, 7) is 4.22. The topological polar surface area (TPSA) is 63.6 Å². The minimum atomic E-state index is -4.22. The average Bonchev–Trinajstić information content (AvgIpc) is 2.19. The summed E-state index contributed by atoms with van der Waals surface area (Å²) in [5.74, 6) is 0.210. The minimum Gasteiger partial charge on any atom is -0.492 e. The first kappa shape index (κ1) is 13.0. The highest BCUT2D eigenvalue weighted by molar-refractivity contribution is 7.86. The lowest BCUT2D eigenvalue weighted by atomic mass is 10.2. The van der Waals surface area contributed by atoms with Crippen molar-refractivity contribution < 1.29 is 17.7 Å². The van der Waals surface area contributed by atoms with Crippen molar-refractivity contribution >= 4 is 10.1 Å². The number of rotatable bonds is 5. The second-order valence-corrected chi connectivity index (χ2v) is 5.02. The summed E-state index contributed by atoms with van der Waals surface area (Å²) < 4.78 is 36.6. The summed E-state index contributed by atoms with van der Waals surface area (Å²) in [5, 5.41) is 0. The lowest BCUT2D eigenvalue weighted by Crippen LogP contribution is -2.05. The molecule has 1 aromatic carbocycles. The van der Waals surface area contributed by atoms with Crippen LogP contribution in [0.3, 0.4) is 0 Å². The molecular weight excluding hydrogens is 228 g/mol. The molecule has 0 amide bonds. The molecule has 0 saturated heterocycles. The van der Waals surface area contributed by atoms with Crippen LogP contribution in [0, 0.1) is 6.92 Å². The van der Waals surface area contributed by atoms with E-state index in [1.54, 1.807) is 19.1 Å². The molecule has 0 aliphatic rings. The van der Waals surface area contributed by atoms with Gasteiger partial charge < -0.3 is 4.74 Å². The average molecular weight is 244 g/mol. The normalized spacial score (nSPS) is 11.4. The molecule has 0 aliphatic heterocycles. The van der Waals surface area contributed by atoms with Gasteiger partial charge in [-0.25, -0.2) is 0 Å². The molecular formula is C11H16O4S. The molecule has 16 heavy (non-hydrogen) atoms. The molecule has 0 aromatic heterocycles. The molecule has 0 unspecified atom stereocenters. The zero-order valence-corrected chi connectivity index (χ0v) is 10.3. The van der Waals surface area contributed by atoms with Crippen LogP contribution in [0.4, 0.5) is 0 Å².